The van der Waals surface area contributed by atoms with Gasteiger partial charge >= 0.3 is 11.9 Å². The van der Waals surface area contributed by atoms with Crippen LogP contribution in [0.25, 0.3) is 0 Å². The smallest absolute Gasteiger partial charge is 0.346 e. The van der Waals surface area contributed by atoms with Gasteiger partial charge in [-0.15, -0.1) is 5.10 Å². The topological polar surface area (TPSA) is 109 Å². The van der Waals surface area contributed by atoms with Gasteiger partial charge in [0, 0.05) is 0 Å². The fraction of sp³-hybridized carbons (Fsp3) is 0.500. The maximum atomic E-state index is 11.3. The molecule has 88 valence electrons. The van der Waals surface area contributed by atoms with E-state index >= 15 is 0 Å². The molecule has 0 fully saturated rings. The number of aromatic nitrogens is 3. The lowest BCUT2D eigenvalue weighted by Crippen LogP contribution is -2.27. The molecule has 0 saturated carbocycles. The number of ether oxygens (including phenoxy) is 2. The molecule has 1 rings (SSSR count). The molecule has 16 heavy (non-hydrogen) atoms. The predicted molar refractivity (Wildman–Crippen MR) is 52.0 cm³/mol. The van der Waals surface area contributed by atoms with E-state index in [0.29, 0.717) is 0 Å². The minimum atomic E-state index is -0.946. The molecule has 1 aromatic rings. The number of methoxy groups -OCH3 is 1. The fourth-order valence-corrected chi connectivity index (χ4v) is 0.966. The molecule has 0 aromatic carbocycles. The second-order valence-corrected chi connectivity index (χ2v) is 2.96. The van der Waals surface area contributed by atoms with E-state index in [4.69, 9.17) is 10.5 Å². The Hall–Kier alpha value is -2.12. The summed E-state index contributed by atoms with van der Waals surface area (Å²) in [6, 6.07) is 0. The van der Waals surface area contributed by atoms with E-state index < -0.39 is 18.0 Å². The van der Waals surface area contributed by atoms with Crippen LogP contribution in [0.2, 0.25) is 0 Å². The van der Waals surface area contributed by atoms with Crippen LogP contribution in [-0.2, 0) is 25.6 Å². The summed E-state index contributed by atoms with van der Waals surface area (Å²) in [4.78, 5) is 25.9. The van der Waals surface area contributed by atoms with Crippen LogP contribution < -0.4 is 5.73 Å². The molecule has 8 heteroatoms. The molecule has 0 spiro atoms. The van der Waals surface area contributed by atoms with Crippen LogP contribution in [0.5, 0.6) is 0 Å². The Morgan fingerprint density at radius 3 is 2.81 bits per heavy atom. The highest BCUT2D eigenvalue weighted by Crippen LogP contribution is 1.97. The van der Waals surface area contributed by atoms with Gasteiger partial charge in [0.2, 0.25) is 5.95 Å². The van der Waals surface area contributed by atoms with Crippen molar-refractivity contribution in [2.45, 2.75) is 19.6 Å². The number of carbonyl (C=O) groups excluding carboxylic acids is 2. The number of nitrogens with two attached hydrogens (primary N) is 1. The van der Waals surface area contributed by atoms with Crippen LogP contribution in [0.15, 0.2) is 6.33 Å². The molecule has 1 atom stereocenters. The normalized spacial score (nSPS) is 11.9. The van der Waals surface area contributed by atoms with Crippen molar-refractivity contribution >= 4 is 17.9 Å². The first kappa shape index (κ1) is 12.0. The third-order valence-corrected chi connectivity index (χ3v) is 1.69. The lowest BCUT2D eigenvalue weighted by molar-refractivity contribution is -0.165. The third-order valence-electron chi connectivity index (χ3n) is 1.69. The fourth-order valence-electron chi connectivity index (χ4n) is 0.966. The number of anilines is 1. The van der Waals surface area contributed by atoms with Crippen LogP contribution in [0, 0.1) is 0 Å². The Bertz CT molecular complexity index is 389. The molecule has 0 amide bonds. The van der Waals surface area contributed by atoms with Crippen molar-refractivity contribution in [1.82, 2.24) is 14.8 Å². The van der Waals surface area contributed by atoms with Gasteiger partial charge in [0.25, 0.3) is 0 Å². The van der Waals surface area contributed by atoms with Crippen molar-refractivity contribution in [3.63, 3.8) is 0 Å². The second kappa shape index (κ2) is 5.10. The summed E-state index contributed by atoms with van der Waals surface area (Å²) in [6.45, 7) is 1.25. The number of nitrogens with zero attached hydrogens (tertiary/aromatic N) is 3. The summed E-state index contributed by atoms with van der Waals surface area (Å²) in [5.41, 5.74) is 5.26. The zero-order valence-electron chi connectivity index (χ0n) is 8.91. The zero-order chi connectivity index (χ0) is 12.1. The molecule has 1 aromatic heterocycles. The molecule has 0 aliphatic heterocycles. The van der Waals surface area contributed by atoms with Crippen LogP contribution in [-0.4, -0.2) is 39.9 Å². The largest absolute Gasteiger partial charge is 0.466 e. The van der Waals surface area contributed by atoms with Gasteiger partial charge in [0.1, 0.15) is 12.9 Å². The quantitative estimate of drug-likeness (QED) is 0.655. The number of nitrogen functional groups attached to an aromatic ring is 1. The van der Waals surface area contributed by atoms with Crippen molar-refractivity contribution in [2.75, 3.05) is 12.8 Å². The van der Waals surface area contributed by atoms with Gasteiger partial charge in [0.15, 0.2) is 6.10 Å². The Balaban J connectivity index is 2.45. The summed E-state index contributed by atoms with van der Waals surface area (Å²) >= 11 is 0. The van der Waals surface area contributed by atoms with Crippen molar-refractivity contribution in [2.24, 2.45) is 0 Å². The van der Waals surface area contributed by atoms with Gasteiger partial charge in [-0.1, -0.05) is 0 Å². The Kier molecular flexibility index (Phi) is 3.81. The molecule has 0 saturated heterocycles. The lowest BCUT2D eigenvalue weighted by atomic mass is 10.4. The molecular formula is C8H12N4O4. The minimum Gasteiger partial charge on any atom is -0.466 e. The highest BCUT2D eigenvalue weighted by atomic mass is 16.6. The van der Waals surface area contributed by atoms with Crippen molar-refractivity contribution < 1.29 is 19.1 Å². The first-order valence-corrected chi connectivity index (χ1v) is 4.45. The standard InChI is InChI=1S/C8H12N4O4/c1-5(7(14)15-2)16-6(13)3-12-4-10-8(9)11-12/h4-5H,3H2,1-2H3,(H2,9,11). The van der Waals surface area contributed by atoms with Crippen molar-refractivity contribution in [3.8, 4) is 0 Å². The first-order chi connectivity index (χ1) is 7.52. The third kappa shape index (κ3) is 3.23. The van der Waals surface area contributed by atoms with Gasteiger partial charge in [-0.05, 0) is 6.92 Å². The van der Waals surface area contributed by atoms with Gasteiger partial charge in [0.05, 0.1) is 7.11 Å². The molecular weight excluding hydrogens is 216 g/mol. The van der Waals surface area contributed by atoms with E-state index in [2.05, 4.69) is 14.8 Å². The Labute approximate surface area is 91.3 Å². The van der Waals surface area contributed by atoms with Crippen LogP contribution in [0.4, 0.5) is 5.95 Å². The van der Waals surface area contributed by atoms with Crippen LogP contribution in [0.3, 0.4) is 0 Å². The average molecular weight is 228 g/mol. The van der Waals surface area contributed by atoms with E-state index in [1.807, 2.05) is 0 Å². The molecule has 0 bridgehead atoms. The number of esters is 2. The number of hydrogen-bond acceptors (Lipinski definition) is 7. The number of hydrogen-bond donors (Lipinski definition) is 1. The SMILES string of the molecule is COC(=O)C(C)OC(=O)Cn1cnc(N)n1. The summed E-state index contributed by atoms with van der Waals surface area (Å²) in [5, 5.41) is 3.69. The maximum absolute atomic E-state index is 11.3. The second-order valence-electron chi connectivity index (χ2n) is 2.96. The van der Waals surface area contributed by atoms with Crippen LogP contribution >= 0.6 is 0 Å². The summed E-state index contributed by atoms with van der Waals surface area (Å²) in [6.07, 6.45) is 0.345. The molecule has 1 heterocycles. The van der Waals surface area contributed by atoms with Crippen molar-refractivity contribution in [1.29, 1.82) is 0 Å². The van der Waals surface area contributed by atoms with Gasteiger partial charge in [-0.3, -0.25) is 4.79 Å². The van der Waals surface area contributed by atoms with E-state index in [0.717, 1.165) is 0 Å². The maximum Gasteiger partial charge on any atom is 0.346 e. The summed E-state index contributed by atoms with van der Waals surface area (Å²) in [5.74, 6) is -1.18. The molecule has 0 aliphatic rings. The highest BCUT2D eigenvalue weighted by Gasteiger charge is 2.18. The van der Waals surface area contributed by atoms with E-state index in [-0.39, 0.29) is 12.5 Å². The molecule has 0 aliphatic carbocycles. The van der Waals surface area contributed by atoms with Gasteiger partial charge < -0.3 is 15.2 Å². The van der Waals surface area contributed by atoms with E-state index in [1.54, 1.807) is 0 Å². The van der Waals surface area contributed by atoms with Crippen molar-refractivity contribution in [3.05, 3.63) is 6.33 Å². The van der Waals surface area contributed by atoms with Crippen LogP contribution in [0.1, 0.15) is 6.92 Å². The molecule has 1 unspecified atom stereocenters. The monoisotopic (exact) mass is 228 g/mol. The van der Waals surface area contributed by atoms with Gasteiger partial charge in [-0.2, -0.15) is 0 Å². The number of rotatable bonds is 4. The molecule has 8 nitrogen and oxygen atoms in total. The first-order valence-electron chi connectivity index (χ1n) is 4.45. The lowest BCUT2D eigenvalue weighted by Gasteiger charge is -2.10. The predicted octanol–water partition coefficient (Wildman–Crippen LogP) is -1.03. The average Bonchev–Trinajstić information content (AvgIpc) is 2.62. The Morgan fingerprint density at radius 1 is 1.62 bits per heavy atom. The Morgan fingerprint density at radius 2 is 2.31 bits per heavy atom. The van der Waals surface area contributed by atoms with Gasteiger partial charge in [-0.25, -0.2) is 14.5 Å². The minimum absolute atomic E-state index is 0.0637. The highest BCUT2D eigenvalue weighted by molar-refractivity contribution is 5.78. The number of carbonyl (C=O) groups is 2. The van der Waals surface area contributed by atoms with E-state index in [9.17, 15) is 9.59 Å². The van der Waals surface area contributed by atoms with E-state index in [1.165, 1.54) is 25.0 Å². The molecule has 2 N–H and O–H groups in total. The molecule has 0 radical (unpaired) electrons. The summed E-state index contributed by atoms with van der Waals surface area (Å²) < 4.78 is 10.4. The zero-order valence-corrected chi connectivity index (χ0v) is 8.91. The summed E-state index contributed by atoms with van der Waals surface area (Å²) in [7, 11) is 1.21.